The first kappa shape index (κ1) is 19.4. The van der Waals surface area contributed by atoms with Crippen LogP contribution in [-0.2, 0) is 13.2 Å². The Morgan fingerprint density at radius 3 is 2.84 bits per heavy atom. The Morgan fingerprint density at radius 2 is 1.97 bits per heavy atom. The number of aromatic nitrogens is 2. The van der Waals surface area contributed by atoms with Crippen LogP contribution in [0.15, 0.2) is 57.8 Å². The van der Waals surface area contributed by atoms with Crippen molar-refractivity contribution < 1.29 is 18.8 Å². The van der Waals surface area contributed by atoms with Gasteiger partial charge in [-0.1, -0.05) is 17.3 Å². The predicted molar refractivity (Wildman–Crippen MR) is 111 cm³/mol. The van der Waals surface area contributed by atoms with Crippen LogP contribution < -0.4 is 15.0 Å². The van der Waals surface area contributed by atoms with Crippen molar-refractivity contribution in [2.45, 2.75) is 25.5 Å². The van der Waals surface area contributed by atoms with Gasteiger partial charge in [0, 0.05) is 49.4 Å². The molecule has 0 aliphatic carbocycles. The zero-order chi connectivity index (χ0) is 21.4. The second-order valence-corrected chi connectivity index (χ2v) is 8.05. The number of amides is 1. The highest BCUT2D eigenvalue weighted by Gasteiger charge is 2.37. The maximum absolute atomic E-state index is 13.1. The number of carbonyl (C=O) groups excluding carboxylic acids is 1. The molecule has 2 aliphatic rings. The lowest BCUT2D eigenvalue weighted by Crippen LogP contribution is -2.49. The first-order valence-electron chi connectivity index (χ1n) is 10.3. The van der Waals surface area contributed by atoms with E-state index in [-0.39, 0.29) is 35.6 Å². The van der Waals surface area contributed by atoms with Crippen LogP contribution in [0.1, 0.15) is 34.3 Å². The van der Waals surface area contributed by atoms with Gasteiger partial charge in [0.15, 0.2) is 11.5 Å². The van der Waals surface area contributed by atoms with E-state index in [0.717, 1.165) is 12.1 Å². The van der Waals surface area contributed by atoms with Crippen LogP contribution >= 0.6 is 0 Å². The predicted octanol–water partition coefficient (Wildman–Crippen LogP) is 2.68. The first-order valence-corrected chi connectivity index (χ1v) is 10.3. The molecule has 8 nitrogen and oxygen atoms in total. The summed E-state index contributed by atoms with van der Waals surface area (Å²) in [5.74, 6) is 2.08. The van der Waals surface area contributed by atoms with E-state index >= 15 is 0 Å². The lowest BCUT2D eigenvalue weighted by molar-refractivity contribution is 0.0584. The quantitative estimate of drug-likeness (QED) is 0.630. The monoisotopic (exact) mass is 421 g/mol. The van der Waals surface area contributed by atoms with E-state index in [2.05, 4.69) is 5.16 Å². The van der Waals surface area contributed by atoms with Crippen molar-refractivity contribution in [3.63, 3.8) is 0 Å². The maximum Gasteiger partial charge on any atom is 0.276 e. The highest BCUT2D eigenvalue weighted by molar-refractivity contribution is 5.92. The van der Waals surface area contributed by atoms with Crippen LogP contribution in [-0.4, -0.2) is 40.7 Å². The van der Waals surface area contributed by atoms with Crippen molar-refractivity contribution in [3.05, 3.63) is 76.0 Å². The van der Waals surface area contributed by atoms with Gasteiger partial charge in [-0.3, -0.25) is 9.59 Å². The van der Waals surface area contributed by atoms with Crippen LogP contribution in [0.4, 0.5) is 0 Å². The molecule has 0 saturated carbocycles. The van der Waals surface area contributed by atoms with Crippen LogP contribution in [0.5, 0.6) is 11.5 Å². The van der Waals surface area contributed by atoms with Gasteiger partial charge in [0.1, 0.15) is 18.1 Å². The Bertz CT molecular complexity index is 1170. The highest BCUT2D eigenvalue weighted by atomic mass is 16.5. The number of rotatable bonds is 5. The molecule has 5 rings (SSSR count). The number of nitrogens with zero attached hydrogens (tertiary/aromatic N) is 3. The van der Waals surface area contributed by atoms with E-state index in [1.165, 1.54) is 0 Å². The van der Waals surface area contributed by atoms with Gasteiger partial charge in [0.2, 0.25) is 0 Å². The van der Waals surface area contributed by atoms with E-state index < -0.39 is 0 Å². The molecule has 160 valence electrons. The van der Waals surface area contributed by atoms with Gasteiger partial charge in [-0.05, 0) is 30.5 Å². The summed E-state index contributed by atoms with van der Waals surface area (Å²) in [6, 6.07) is 14.3. The lowest BCUT2D eigenvalue weighted by Gasteiger charge is -2.42. The molecule has 0 unspecified atom stereocenters. The van der Waals surface area contributed by atoms with Crippen molar-refractivity contribution in [1.29, 1.82) is 0 Å². The minimum absolute atomic E-state index is 0.0316. The topological polar surface area (TPSA) is 86.8 Å². The third-order valence-corrected chi connectivity index (χ3v) is 5.97. The second kappa shape index (κ2) is 7.94. The molecule has 0 radical (unpaired) electrons. The normalized spacial score (nSPS) is 19.6. The van der Waals surface area contributed by atoms with Crippen molar-refractivity contribution in [2.75, 3.05) is 20.2 Å². The minimum Gasteiger partial charge on any atom is -0.497 e. The molecule has 1 aromatic carbocycles. The Balaban J connectivity index is 1.26. The van der Waals surface area contributed by atoms with Crippen molar-refractivity contribution in [3.8, 4) is 11.5 Å². The molecule has 2 aromatic heterocycles. The van der Waals surface area contributed by atoms with Crippen molar-refractivity contribution in [2.24, 2.45) is 5.92 Å². The maximum atomic E-state index is 13.1. The molecule has 31 heavy (non-hydrogen) atoms. The molecule has 3 aromatic rings. The zero-order valence-corrected chi connectivity index (χ0v) is 17.2. The highest BCUT2D eigenvalue weighted by Crippen LogP contribution is 2.35. The van der Waals surface area contributed by atoms with Gasteiger partial charge in [-0.15, -0.1) is 0 Å². The number of hydrogen-bond acceptors (Lipinski definition) is 6. The lowest BCUT2D eigenvalue weighted by atomic mass is 9.83. The summed E-state index contributed by atoms with van der Waals surface area (Å²) >= 11 is 0. The summed E-state index contributed by atoms with van der Waals surface area (Å²) in [7, 11) is 1.60. The minimum atomic E-state index is -0.155. The van der Waals surface area contributed by atoms with E-state index in [4.69, 9.17) is 14.0 Å². The van der Waals surface area contributed by atoms with Gasteiger partial charge in [-0.2, -0.15) is 0 Å². The van der Waals surface area contributed by atoms with Gasteiger partial charge >= 0.3 is 0 Å². The fraction of sp³-hybridized carbons (Fsp3) is 0.348. The van der Waals surface area contributed by atoms with E-state index in [1.807, 2.05) is 33.7 Å². The van der Waals surface area contributed by atoms with E-state index in [1.54, 1.807) is 31.4 Å². The molecule has 2 atom stereocenters. The molecule has 1 amide bonds. The van der Waals surface area contributed by atoms with E-state index in [9.17, 15) is 9.59 Å². The Labute approximate surface area is 179 Å². The Hall–Kier alpha value is -3.55. The SMILES string of the molecule is COc1cccc(OCc2cc(C(=O)N3C[C@@H]4C[C@@H](C3)c3cccc(=O)n3C4)no2)c1. The van der Waals surface area contributed by atoms with E-state index in [0.29, 0.717) is 36.9 Å². The van der Waals surface area contributed by atoms with Gasteiger partial charge in [0.25, 0.3) is 11.5 Å². The third-order valence-electron chi connectivity index (χ3n) is 5.97. The fourth-order valence-electron chi connectivity index (χ4n) is 4.55. The van der Waals surface area contributed by atoms with Crippen LogP contribution in [0.3, 0.4) is 0 Å². The second-order valence-electron chi connectivity index (χ2n) is 8.05. The smallest absolute Gasteiger partial charge is 0.276 e. The zero-order valence-electron chi connectivity index (χ0n) is 17.2. The molecule has 2 aliphatic heterocycles. The Kier molecular flexibility index (Phi) is 4.97. The first-order chi connectivity index (χ1) is 15.1. The summed E-state index contributed by atoms with van der Waals surface area (Å²) in [5, 5.41) is 3.96. The van der Waals surface area contributed by atoms with Gasteiger partial charge in [0.05, 0.1) is 7.11 Å². The summed E-state index contributed by atoms with van der Waals surface area (Å²) in [4.78, 5) is 27.1. The number of piperidine rings is 1. The summed E-state index contributed by atoms with van der Waals surface area (Å²) < 4.78 is 18.1. The number of pyridine rings is 1. The van der Waals surface area contributed by atoms with Crippen LogP contribution in [0, 0.1) is 5.92 Å². The van der Waals surface area contributed by atoms with Crippen molar-refractivity contribution in [1.82, 2.24) is 14.6 Å². The van der Waals surface area contributed by atoms with Crippen molar-refractivity contribution >= 4 is 5.91 Å². The molecular weight excluding hydrogens is 398 g/mol. The molecule has 0 N–H and O–H groups in total. The average molecular weight is 421 g/mol. The molecule has 0 spiro atoms. The summed E-state index contributed by atoms with van der Waals surface area (Å²) in [6.45, 7) is 1.99. The molecule has 1 fully saturated rings. The number of ether oxygens (including phenoxy) is 2. The van der Waals surface area contributed by atoms with Crippen LogP contribution in [0.2, 0.25) is 0 Å². The number of hydrogen-bond donors (Lipinski definition) is 0. The van der Waals surface area contributed by atoms with Gasteiger partial charge in [-0.25, -0.2) is 0 Å². The number of fused-ring (bicyclic) bond motifs is 4. The summed E-state index contributed by atoms with van der Waals surface area (Å²) in [5.41, 5.74) is 1.31. The Morgan fingerprint density at radius 1 is 1.13 bits per heavy atom. The fourth-order valence-corrected chi connectivity index (χ4v) is 4.55. The van der Waals surface area contributed by atoms with Crippen LogP contribution in [0.25, 0.3) is 0 Å². The molecule has 1 saturated heterocycles. The molecule has 2 bridgehead atoms. The molecular formula is C23H23N3O5. The standard InChI is InChI=1S/C23H23N3O5/c1-29-17-4-2-5-18(9-17)30-14-19-10-20(24-31-19)23(28)25-11-15-8-16(13-25)21-6-3-7-22(27)26(21)12-15/h2-7,9-10,15-16H,8,11-14H2,1H3/t15-,16-/m0/s1. The number of carbonyl (C=O) groups is 1. The molecule has 4 heterocycles. The summed E-state index contributed by atoms with van der Waals surface area (Å²) in [6.07, 6.45) is 0.992. The number of methoxy groups -OCH3 is 1. The number of likely N-dealkylation sites (tertiary alicyclic amines) is 1. The number of benzene rings is 1. The average Bonchev–Trinajstić information content (AvgIpc) is 3.27. The third kappa shape index (κ3) is 3.81. The largest absolute Gasteiger partial charge is 0.497 e. The molecule has 8 heteroatoms. The van der Waals surface area contributed by atoms with Gasteiger partial charge < -0.3 is 23.5 Å².